The molecule has 0 N–H and O–H groups in total. The molecule has 2 aromatic rings. The fourth-order valence-electron chi connectivity index (χ4n) is 2.71. The van der Waals surface area contributed by atoms with Crippen LogP contribution in [0.5, 0.6) is 0 Å². The zero-order valence-corrected chi connectivity index (χ0v) is 14.5. The molecule has 3 rings (SSSR count). The van der Waals surface area contributed by atoms with E-state index < -0.39 is 11.4 Å². The Labute approximate surface area is 138 Å². The van der Waals surface area contributed by atoms with E-state index >= 15 is 0 Å². The Balaban J connectivity index is 1.90. The summed E-state index contributed by atoms with van der Waals surface area (Å²) in [5.74, 6) is 0.408. The average Bonchev–Trinajstić information content (AvgIpc) is 3.10. The number of rotatable bonds is 2. The van der Waals surface area contributed by atoms with Gasteiger partial charge in [0, 0.05) is 13.6 Å². The molecule has 9 heteroatoms. The standard InChI is InChI=1S/C15H21N5O4/c1-6-20-10-8-19(14(22)23-15(2,3)4)7-9(10)16-11(20)12-17-24-13(21)18(12)5/h6-8H2,1-5H3. The van der Waals surface area contributed by atoms with Crippen LogP contribution < -0.4 is 5.76 Å². The van der Waals surface area contributed by atoms with Crippen molar-refractivity contribution in [1.82, 2.24) is 24.2 Å². The van der Waals surface area contributed by atoms with Gasteiger partial charge in [0.15, 0.2) is 5.82 Å². The van der Waals surface area contributed by atoms with Crippen LogP contribution in [-0.4, -0.2) is 35.9 Å². The lowest BCUT2D eigenvalue weighted by atomic mass is 10.2. The molecule has 9 nitrogen and oxygen atoms in total. The highest BCUT2D eigenvalue weighted by atomic mass is 16.6. The average molecular weight is 335 g/mol. The van der Waals surface area contributed by atoms with Gasteiger partial charge >= 0.3 is 11.8 Å². The van der Waals surface area contributed by atoms with E-state index in [9.17, 15) is 9.59 Å². The van der Waals surface area contributed by atoms with Crippen LogP contribution in [0.1, 0.15) is 39.1 Å². The van der Waals surface area contributed by atoms with Gasteiger partial charge in [0.25, 0.3) is 0 Å². The molecule has 0 saturated heterocycles. The number of fused-ring (bicyclic) bond motifs is 1. The van der Waals surface area contributed by atoms with Crippen LogP contribution in [0, 0.1) is 0 Å². The van der Waals surface area contributed by atoms with Crippen LogP contribution in [0.15, 0.2) is 9.32 Å². The number of aromatic nitrogens is 4. The van der Waals surface area contributed by atoms with Gasteiger partial charge in [-0.1, -0.05) is 5.16 Å². The molecule has 1 aliphatic heterocycles. The van der Waals surface area contributed by atoms with Gasteiger partial charge in [-0.2, -0.15) is 0 Å². The van der Waals surface area contributed by atoms with E-state index in [0.29, 0.717) is 31.3 Å². The largest absolute Gasteiger partial charge is 0.444 e. The van der Waals surface area contributed by atoms with Gasteiger partial charge < -0.3 is 9.30 Å². The zero-order chi connectivity index (χ0) is 17.6. The maximum absolute atomic E-state index is 12.2. The van der Waals surface area contributed by atoms with Gasteiger partial charge in [-0.15, -0.1) is 0 Å². The van der Waals surface area contributed by atoms with Crippen LogP contribution in [0.4, 0.5) is 4.79 Å². The smallest absolute Gasteiger partial charge is 0.441 e. The number of amides is 1. The van der Waals surface area contributed by atoms with Crippen molar-refractivity contribution in [3.8, 4) is 11.6 Å². The van der Waals surface area contributed by atoms with E-state index in [4.69, 9.17) is 4.74 Å². The fourth-order valence-corrected chi connectivity index (χ4v) is 2.71. The van der Waals surface area contributed by atoms with Crippen LogP contribution in [0.3, 0.4) is 0 Å². The summed E-state index contributed by atoms with van der Waals surface area (Å²) in [6, 6.07) is 0. The number of imidazole rings is 1. The highest BCUT2D eigenvalue weighted by Crippen LogP contribution is 2.28. The third-order valence-corrected chi connectivity index (χ3v) is 3.81. The quantitative estimate of drug-likeness (QED) is 0.825. The van der Waals surface area contributed by atoms with E-state index in [1.54, 1.807) is 11.9 Å². The van der Waals surface area contributed by atoms with Crippen molar-refractivity contribution in [1.29, 1.82) is 0 Å². The number of hydrogen-bond acceptors (Lipinski definition) is 6. The molecule has 130 valence electrons. The van der Waals surface area contributed by atoms with Gasteiger partial charge in [-0.05, 0) is 27.7 Å². The minimum Gasteiger partial charge on any atom is -0.444 e. The van der Waals surface area contributed by atoms with Crippen LogP contribution in [-0.2, 0) is 31.4 Å². The number of hydrogen-bond donors (Lipinski definition) is 0. The molecule has 24 heavy (non-hydrogen) atoms. The maximum atomic E-state index is 12.2. The molecule has 0 saturated carbocycles. The second kappa shape index (κ2) is 5.50. The molecule has 0 atom stereocenters. The fraction of sp³-hybridized carbons (Fsp3) is 0.600. The Hall–Kier alpha value is -2.58. The molecule has 0 radical (unpaired) electrons. The van der Waals surface area contributed by atoms with Crippen molar-refractivity contribution in [2.24, 2.45) is 7.05 Å². The van der Waals surface area contributed by atoms with E-state index in [-0.39, 0.29) is 6.09 Å². The first-order chi connectivity index (χ1) is 11.2. The summed E-state index contributed by atoms with van der Waals surface area (Å²) >= 11 is 0. The van der Waals surface area contributed by atoms with Crippen molar-refractivity contribution >= 4 is 6.09 Å². The monoisotopic (exact) mass is 335 g/mol. The zero-order valence-electron chi connectivity index (χ0n) is 14.5. The van der Waals surface area contributed by atoms with E-state index in [1.807, 2.05) is 32.3 Å². The summed E-state index contributed by atoms with van der Waals surface area (Å²) in [4.78, 5) is 29.9. The summed E-state index contributed by atoms with van der Waals surface area (Å²) in [5, 5.41) is 3.80. The Kier molecular flexibility index (Phi) is 3.73. The van der Waals surface area contributed by atoms with Crippen molar-refractivity contribution < 1.29 is 14.1 Å². The summed E-state index contributed by atoms with van der Waals surface area (Å²) in [5.41, 5.74) is 1.17. The van der Waals surface area contributed by atoms with Gasteiger partial charge in [0.05, 0.1) is 24.5 Å². The van der Waals surface area contributed by atoms with Crippen molar-refractivity contribution in [2.75, 3.05) is 0 Å². The molecule has 0 fully saturated rings. The summed E-state index contributed by atoms with van der Waals surface area (Å²) < 4.78 is 13.4. The van der Waals surface area contributed by atoms with Crippen molar-refractivity contribution in [3.63, 3.8) is 0 Å². The Bertz CT molecular complexity index is 839. The van der Waals surface area contributed by atoms with Gasteiger partial charge in [0.1, 0.15) is 5.60 Å². The SMILES string of the molecule is CCn1c(-c2noc(=O)n2C)nc2c1CN(C(=O)OC(C)(C)C)C2. The predicted octanol–water partition coefficient (Wildman–Crippen LogP) is 1.51. The number of nitrogens with zero attached hydrogens (tertiary/aromatic N) is 5. The minimum atomic E-state index is -0.540. The number of carbonyl (C=O) groups is 1. The number of carbonyl (C=O) groups excluding carboxylic acids is 1. The molecule has 2 aromatic heterocycles. The van der Waals surface area contributed by atoms with Gasteiger partial charge in [-0.3, -0.25) is 14.0 Å². The lowest BCUT2D eigenvalue weighted by molar-refractivity contribution is 0.0237. The normalized spacial score (nSPS) is 14.1. The Morgan fingerprint density at radius 2 is 2.00 bits per heavy atom. The maximum Gasteiger partial charge on any atom is 0.441 e. The molecule has 1 amide bonds. The Morgan fingerprint density at radius 1 is 1.29 bits per heavy atom. The molecular formula is C15H21N5O4. The van der Waals surface area contributed by atoms with Crippen LogP contribution in [0.2, 0.25) is 0 Å². The Morgan fingerprint density at radius 3 is 2.54 bits per heavy atom. The van der Waals surface area contributed by atoms with Crippen LogP contribution >= 0.6 is 0 Å². The summed E-state index contributed by atoms with van der Waals surface area (Å²) in [7, 11) is 1.58. The van der Waals surface area contributed by atoms with E-state index in [2.05, 4.69) is 14.7 Å². The summed E-state index contributed by atoms with van der Waals surface area (Å²) in [6.07, 6.45) is -0.362. The van der Waals surface area contributed by atoms with Gasteiger partial charge in [-0.25, -0.2) is 14.6 Å². The third kappa shape index (κ3) is 2.70. The molecule has 0 spiro atoms. The molecule has 0 unspecified atom stereocenters. The minimum absolute atomic E-state index is 0.362. The second-order valence-corrected chi connectivity index (χ2v) is 6.74. The molecule has 0 aromatic carbocycles. The lowest BCUT2D eigenvalue weighted by Gasteiger charge is -2.24. The predicted molar refractivity (Wildman–Crippen MR) is 84.1 cm³/mol. The van der Waals surface area contributed by atoms with Crippen LogP contribution in [0.25, 0.3) is 11.6 Å². The third-order valence-electron chi connectivity index (χ3n) is 3.81. The highest BCUT2D eigenvalue weighted by molar-refractivity contribution is 5.69. The topological polar surface area (TPSA) is 95.4 Å². The van der Waals surface area contributed by atoms with Gasteiger partial charge in [0.2, 0.25) is 5.82 Å². The first kappa shape index (κ1) is 16.3. The lowest BCUT2D eigenvalue weighted by Crippen LogP contribution is -2.33. The molecule has 0 bridgehead atoms. The van der Waals surface area contributed by atoms with Crippen molar-refractivity contribution in [2.45, 2.75) is 52.9 Å². The number of ether oxygens (including phenoxy) is 1. The van der Waals surface area contributed by atoms with E-state index in [1.165, 1.54) is 4.57 Å². The summed E-state index contributed by atoms with van der Waals surface area (Å²) in [6.45, 7) is 8.90. The first-order valence-corrected chi connectivity index (χ1v) is 7.80. The molecule has 0 aliphatic carbocycles. The highest BCUT2D eigenvalue weighted by Gasteiger charge is 2.33. The van der Waals surface area contributed by atoms with E-state index in [0.717, 1.165) is 11.4 Å². The first-order valence-electron chi connectivity index (χ1n) is 7.80. The molecule has 3 heterocycles. The molecular weight excluding hydrogens is 314 g/mol. The molecule has 1 aliphatic rings. The second-order valence-electron chi connectivity index (χ2n) is 6.74. The van der Waals surface area contributed by atoms with Crippen molar-refractivity contribution in [3.05, 3.63) is 21.9 Å².